The Labute approximate surface area is 160 Å². The third kappa shape index (κ3) is 5.45. The molecule has 6 nitrogen and oxygen atoms in total. The molecule has 0 unspecified atom stereocenters. The van der Waals surface area contributed by atoms with Gasteiger partial charge in [0, 0.05) is 13.1 Å². The van der Waals surface area contributed by atoms with Gasteiger partial charge in [-0.2, -0.15) is 13.2 Å². The van der Waals surface area contributed by atoms with E-state index in [4.69, 9.17) is 14.2 Å². The van der Waals surface area contributed by atoms with Crippen molar-refractivity contribution in [3.05, 3.63) is 53.1 Å². The molecule has 0 atom stereocenters. The molecule has 28 heavy (non-hydrogen) atoms. The maximum atomic E-state index is 12.7. The lowest BCUT2D eigenvalue weighted by atomic mass is 10.1. The molecule has 2 aromatic carbocycles. The summed E-state index contributed by atoms with van der Waals surface area (Å²) in [6.07, 6.45) is -4.43. The van der Waals surface area contributed by atoms with Crippen molar-refractivity contribution in [2.45, 2.75) is 19.3 Å². The van der Waals surface area contributed by atoms with Gasteiger partial charge in [0.05, 0.1) is 26.9 Å². The van der Waals surface area contributed by atoms with Gasteiger partial charge in [-0.05, 0) is 35.4 Å². The van der Waals surface area contributed by atoms with Gasteiger partial charge in [0.25, 0.3) is 0 Å². The van der Waals surface area contributed by atoms with Crippen molar-refractivity contribution in [1.29, 1.82) is 0 Å². The van der Waals surface area contributed by atoms with Gasteiger partial charge in [0.1, 0.15) is 0 Å². The zero-order valence-electron chi connectivity index (χ0n) is 15.6. The first kappa shape index (κ1) is 21.2. The van der Waals surface area contributed by atoms with Crippen LogP contribution < -0.4 is 24.8 Å². The van der Waals surface area contributed by atoms with Crippen LogP contribution in [-0.4, -0.2) is 27.4 Å². The number of rotatable bonds is 7. The van der Waals surface area contributed by atoms with E-state index in [1.807, 2.05) is 0 Å². The number of urea groups is 1. The molecule has 0 aliphatic carbocycles. The first-order valence-corrected chi connectivity index (χ1v) is 8.25. The quantitative estimate of drug-likeness (QED) is 0.746. The fraction of sp³-hybridized carbons (Fsp3) is 0.316. The van der Waals surface area contributed by atoms with E-state index in [0.717, 1.165) is 12.1 Å². The summed E-state index contributed by atoms with van der Waals surface area (Å²) >= 11 is 0. The summed E-state index contributed by atoms with van der Waals surface area (Å²) < 4.78 is 53.9. The Morgan fingerprint density at radius 2 is 1.46 bits per heavy atom. The Bertz CT molecular complexity index is 800. The normalized spacial score (nSPS) is 10.9. The summed E-state index contributed by atoms with van der Waals surface area (Å²) in [6.45, 7) is 0.121. The van der Waals surface area contributed by atoms with Crippen LogP contribution in [0.3, 0.4) is 0 Å². The van der Waals surface area contributed by atoms with Crippen molar-refractivity contribution in [2.24, 2.45) is 0 Å². The Hall–Kier alpha value is -3.10. The Balaban J connectivity index is 1.96. The van der Waals surface area contributed by atoms with Crippen molar-refractivity contribution in [1.82, 2.24) is 10.6 Å². The van der Waals surface area contributed by atoms with E-state index in [1.165, 1.54) is 33.5 Å². The topological polar surface area (TPSA) is 68.8 Å². The van der Waals surface area contributed by atoms with Gasteiger partial charge in [-0.1, -0.05) is 12.1 Å². The lowest BCUT2D eigenvalue weighted by molar-refractivity contribution is -0.137. The van der Waals surface area contributed by atoms with Crippen LogP contribution in [0.4, 0.5) is 18.0 Å². The molecule has 0 saturated carbocycles. The molecule has 0 aliphatic heterocycles. The molecule has 0 fully saturated rings. The van der Waals surface area contributed by atoms with Crippen LogP contribution in [0.1, 0.15) is 16.7 Å². The molecule has 0 aromatic heterocycles. The van der Waals surface area contributed by atoms with Gasteiger partial charge in [0.2, 0.25) is 5.75 Å². The molecule has 0 aliphatic rings. The maximum Gasteiger partial charge on any atom is 0.416 e. The highest BCUT2D eigenvalue weighted by atomic mass is 19.4. The van der Waals surface area contributed by atoms with Crippen LogP contribution in [-0.2, 0) is 19.3 Å². The molecule has 0 bridgehead atoms. The summed E-state index contributed by atoms with van der Waals surface area (Å²) in [5, 5.41) is 5.15. The number of alkyl halides is 3. The predicted molar refractivity (Wildman–Crippen MR) is 96.6 cm³/mol. The number of nitrogens with one attached hydrogen (secondary N) is 2. The molecular weight excluding hydrogens is 377 g/mol. The molecule has 2 aromatic rings. The van der Waals surface area contributed by atoms with Gasteiger partial charge < -0.3 is 24.8 Å². The van der Waals surface area contributed by atoms with Crippen molar-refractivity contribution in [2.75, 3.05) is 21.3 Å². The first-order valence-electron chi connectivity index (χ1n) is 8.25. The SMILES string of the molecule is COc1cc(CNC(=O)NCc2cccc(C(F)(F)F)c2)cc(OC)c1OC. The Morgan fingerprint density at radius 3 is 1.96 bits per heavy atom. The van der Waals surface area contributed by atoms with Crippen LogP contribution in [0.25, 0.3) is 0 Å². The monoisotopic (exact) mass is 398 g/mol. The molecule has 2 N–H and O–H groups in total. The number of ether oxygens (including phenoxy) is 3. The van der Waals surface area contributed by atoms with E-state index < -0.39 is 17.8 Å². The van der Waals surface area contributed by atoms with Gasteiger partial charge in [-0.15, -0.1) is 0 Å². The number of carbonyl (C=O) groups is 1. The van der Waals surface area contributed by atoms with E-state index in [1.54, 1.807) is 12.1 Å². The number of hydrogen-bond acceptors (Lipinski definition) is 4. The Kier molecular flexibility index (Phi) is 6.97. The molecule has 2 rings (SSSR count). The highest BCUT2D eigenvalue weighted by Gasteiger charge is 2.30. The third-order valence-electron chi connectivity index (χ3n) is 3.88. The van der Waals surface area contributed by atoms with E-state index >= 15 is 0 Å². The fourth-order valence-electron chi connectivity index (χ4n) is 2.52. The zero-order chi connectivity index (χ0) is 20.7. The molecule has 9 heteroatoms. The average molecular weight is 398 g/mol. The largest absolute Gasteiger partial charge is 0.493 e. The summed E-state index contributed by atoms with van der Waals surface area (Å²) in [5.41, 5.74) is 0.283. The van der Waals surface area contributed by atoms with Crippen molar-refractivity contribution in [3.8, 4) is 17.2 Å². The molecule has 152 valence electrons. The average Bonchev–Trinajstić information content (AvgIpc) is 2.69. The smallest absolute Gasteiger partial charge is 0.416 e. The predicted octanol–water partition coefficient (Wildman–Crippen LogP) is 3.73. The van der Waals surface area contributed by atoms with Crippen LogP contribution in [0.2, 0.25) is 0 Å². The lowest BCUT2D eigenvalue weighted by Gasteiger charge is -2.15. The Morgan fingerprint density at radius 1 is 0.893 bits per heavy atom. The third-order valence-corrected chi connectivity index (χ3v) is 3.88. The number of methoxy groups -OCH3 is 3. The van der Waals surface area contributed by atoms with Crippen molar-refractivity contribution < 1.29 is 32.2 Å². The molecular formula is C19H21F3N2O4. The molecule has 0 saturated heterocycles. The van der Waals surface area contributed by atoms with E-state index in [-0.39, 0.29) is 13.1 Å². The van der Waals surface area contributed by atoms with Gasteiger partial charge in [-0.25, -0.2) is 4.79 Å². The van der Waals surface area contributed by atoms with Gasteiger partial charge in [-0.3, -0.25) is 0 Å². The minimum absolute atomic E-state index is 0.0367. The molecule has 0 spiro atoms. The second-order valence-electron chi connectivity index (χ2n) is 5.77. The van der Waals surface area contributed by atoms with Gasteiger partial charge >= 0.3 is 12.2 Å². The lowest BCUT2D eigenvalue weighted by Crippen LogP contribution is -2.34. The van der Waals surface area contributed by atoms with Crippen LogP contribution in [0.5, 0.6) is 17.2 Å². The summed E-state index contributed by atoms with van der Waals surface area (Å²) in [5.74, 6) is 1.33. The minimum atomic E-state index is -4.43. The highest BCUT2D eigenvalue weighted by molar-refractivity contribution is 5.74. The maximum absolute atomic E-state index is 12.7. The molecule has 2 amide bonds. The minimum Gasteiger partial charge on any atom is -0.493 e. The van der Waals surface area contributed by atoms with Crippen molar-refractivity contribution >= 4 is 6.03 Å². The summed E-state index contributed by atoms with van der Waals surface area (Å²) in [4.78, 5) is 12.0. The summed E-state index contributed by atoms with van der Waals surface area (Å²) in [6, 6.07) is 7.64. The second kappa shape index (κ2) is 9.20. The zero-order valence-corrected chi connectivity index (χ0v) is 15.6. The molecule has 0 heterocycles. The number of hydrogen-bond donors (Lipinski definition) is 2. The standard InChI is InChI=1S/C19H21F3N2O4/c1-26-15-8-13(9-16(27-2)17(15)28-3)11-24-18(25)23-10-12-5-4-6-14(7-12)19(20,21)22/h4-9H,10-11H2,1-3H3,(H2,23,24,25). The number of amides is 2. The number of benzene rings is 2. The van der Waals surface area contributed by atoms with E-state index in [9.17, 15) is 18.0 Å². The number of halogens is 3. The second-order valence-corrected chi connectivity index (χ2v) is 5.77. The van der Waals surface area contributed by atoms with Gasteiger partial charge in [0.15, 0.2) is 11.5 Å². The van der Waals surface area contributed by atoms with E-state index in [2.05, 4.69) is 10.6 Å². The van der Waals surface area contributed by atoms with E-state index in [0.29, 0.717) is 28.4 Å². The molecule has 0 radical (unpaired) electrons. The summed E-state index contributed by atoms with van der Waals surface area (Å²) in [7, 11) is 4.45. The number of carbonyl (C=O) groups excluding carboxylic acids is 1. The van der Waals surface area contributed by atoms with Crippen LogP contribution in [0.15, 0.2) is 36.4 Å². The highest BCUT2D eigenvalue weighted by Crippen LogP contribution is 2.38. The first-order chi connectivity index (χ1) is 13.3. The van der Waals surface area contributed by atoms with Crippen LogP contribution in [0, 0.1) is 0 Å². The van der Waals surface area contributed by atoms with Crippen LogP contribution >= 0.6 is 0 Å². The van der Waals surface area contributed by atoms with Crippen molar-refractivity contribution in [3.63, 3.8) is 0 Å². The fourth-order valence-corrected chi connectivity index (χ4v) is 2.52.